The van der Waals surface area contributed by atoms with E-state index in [-0.39, 0.29) is 0 Å². The smallest absolute Gasteiger partial charge is 0.0722 e. The number of aromatic nitrogens is 1. The average molecular weight is 186 g/mol. The largest absolute Gasteiger partial charge is 0.398 e. The van der Waals surface area contributed by atoms with Crippen molar-refractivity contribution >= 4 is 16.6 Å². The van der Waals surface area contributed by atoms with E-state index in [4.69, 9.17) is 5.73 Å². The molecule has 1 heterocycles. The van der Waals surface area contributed by atoms with E-state index in [2.05, 4.69) is 24.9 Å². The molecule has 0 saturated heterocycles. The van der Waals surface area contributed by atoms with Gasteiger partial charge in [0.15, 0.2) is 0 Å². The molecule has 2 rings (SSSR count). The van der Waals surface area contributed by atoms with Crippen molar-refractivity contribution in [1.29, 1.82) is 0 Å². The lowest BCUT2D eigenvalue weighted by molar-refractivity contribution is 0.871. The van der Waals surface area contributed by atoms with E-state index in [1.807, 2.05) is 18.2 Å². The zero-order valence-corrected chi connectivity index (χ0v) is 8.49. The predicted octanol–water partition coefficient (Wildman–Crippen LogP) is 2.94. The van der Waals surface area contributed by atoms with Gasteiger partial charge in [-0.1, -0.05) is 19.9 Å². The molecule has 0 unspecified atom stereocenters. The molecule has 0 fully saturated rings. The summed E-state index contributed by atoms with van der Waals surface area (Å²) in [5, 5.41) is 1.05. The Morgan fingerprint density at radius 3 is 2.71 bits per heavy atom. The van der Waals surface area contributed by atoms with Crippen LogP contribution in [0.15, 0.2) is 30.5 Å². The first-order valence-electron chi connectivity index (χ1n) is 4.83. The third-order valence-corrected chi connectivity index (χ3v) is 2.48. The van der Waals surface area contributed by atoms with Crippen molar-refractivity contribution in [2.75, 3.05) is 5.73 Å². The van der Waals surface area contributed by atoms with Gasteiger partial charge >= 0.3 is 0 Å². The molecule has 0 spiro atoms. The fraction of sp³-hybridized carbons (Fsp3) is 0.250. The number of anilines is 1. The van der Waals surface area contributed by atoms with Crippen molar-refractivity contribution in [2.45, 2.75) is 19.8 Å². The maximum Gasteiger partial charge on any atom is 0.0722 e. The van der Waals surface area contributed by atoms with Gasteiger partial charge in [0.25, 0.3) is 0 Å². The summed E-state index contributed by atoms with van der Waals surface area (Å²) in [6.07, 6.45) is 1.79. The molecule has 1 aromatic carbocycles. The van der Waals surface area contributed by atoms with E-state index in [1.54, 1.807) is 6.20 Å². The molecular weight excluding hydrogens is 172 g/mol. The van der Waals surface area contributed by atoms with Gasteiger partial charge in [-0.2, -0.15) is 0 Å². The highest BCUT2D eigenvalue weighted by molar-refractivity contribution is 5.91. The maximum absolute atomic E-state index is 6.08. The van der Waals surface area contributed by atoms with Crippen LogP contribution in [-0.4, -0.2) is 4.98 Å². The van der Waals surface area contributed by atoms with Crippen LogP contribution in [0.1, 0.15) is 25.3 Å². The summed E-state index contributed by atoms with van der Waals surface area (Å²) >= 11 is 0. The second-order valence-corrected chi connectivity index (χ2v) is 3.79. The first kappa shape index (κ1) is 9.00. The molecule has 0 saturated carbocycles. The quantitative estimate of drug-likeness (QED) is 0.695. The Morgan fingerprint density at radius 1 is 1.21 bits per heavy atom. The van der Waals surface area contributed by atoms with E-state index >= 15 is 0 Å². The summed E-state index contributed by atoms with van der Waals surface area (Å²) in [5.41, 5.74) is 9.11. The molecule has 2 N–H and O–H groups in total. The van der Waals surface area contributed by atoms with Crippen molar-refractivity contribution in [1.82, 2.24) is 4.98 Å². The summed E-state index contributed by atoms with van der Waals surface area (Å²) in [4.78, 5) is 4.26. The van der Waals surface area contributed by atoms with Gasteiger partial charge in [-0.25, -0.2) is 0 Å². The minimum atomic E-state index is 0.458. The highest BCUT2D eigenvalue weighted by Crippen LogP contribution is 2.28. The van der Waals surface area contributed by atoms with E-state index in [1.165, 1.54) is 5.56 Å². The van der Waals surface area contributed by atoms with Crippen LogP contribution < -0.4 is 5.73 Å². The number of hydrogen-bond donors (Lipinski definition) is 1. The molecule has 0 aliphatic heterocycles. The minimum absolute atomic E-state index is 0.458. The van der Waals surface area contributed by atoms with Gasteiger partial charge in [0.1, 0.15) is 0 Å². The molecule has 1 aromatic heterocycles. The van der Waals surface area contributed by atoms with Crippen LogP contribution in [0.4, 0.5) is 5.69 Å². The Labute approximate surface area is 83.8 Å². The molecule has 0 atom stereocenters. The van der Waals surface area contributed by atoms with Crippen LogP contribution in [0.3, 0.4) is 0 Å². The number of fused-ring (bicyclic) bond motifs is 1. The molecule has 72 valence electrons. The first-order chi connectivity index (χ1) is 6.70. The van der Waals surface area contributed by atoms with Crippen molar-refractivity contribution < 1.29 is 0 Å². The first-order valence-corrected chi connectivity index (χ1v) is 4.83. The van der Waals surface area contributed by atoms with Gasteiger partial charge in [-0.15, -0.1) is 0 Å². The number of rotatable bonds is 1. The minimum Gasteiger partial charge on any atom is -0.398 e. The fourth-order valence-electron chi connectivity index (χ4n) is 1.70. The van der Waals surface area contributed by atoms with Gasteiger partial charge in [0, 0.05) is 17.3 Å². The summed E-state index contributed by atoms with van der Waals surface area (Å²) < 4.78 is 0. The monoisotopic (exact) mass is 186 g/mol. The van der Waals surface area contributed by atoms with Crippen molar-refractivity contribution in [3.63, 3.8) is 0 Å². The zero-order chi connectivity index (χ0) is 10.1. The highest BCUT2D eigenvalue weighted by atomic mass is 14.7. The third-order valence-electron chi connectivity index (χ3n) is 2.48. The van der Waals surface area contributed by atoms with Crippen molar-refractivity contribution in [3.05, 3.63) is 36.0 Å². The van der Waals surface area contributed by atoms with Crippen LogP contribution in [0.5, 0.6) is 0 Å². The van der Waals surface area contributed by atoms with Crippen LogP contribution >= 0.6 is 0 Å². The number of nitrogen functional groups attached to an aromatic ring is 1. The Balaban J connectivity index is 2.75. The second-order valence-electron chi connectivity index (χ2n) is 3.79. The zero-order valence-electron chi connectivity index (χ0n) is 8.49. The molecule has 0 aliphatic carbocycles. The molecule has 2 heteroatoms. The second kappa shape index (κ2) is 3.29. The molecule has 0 bridgehead atoms. The van der Waals surface area contributed by atoms with Crippen molar-refractivity contribution in [2.24, 2.45) is 0 Å². The molecule has 2 aromatic rings. The third kappa shape index (κ3) is 1.33. The summed E-state index contributed by atoms with van der Waals surface area (Å²) in [5.74, 6) is 0.458. The van der Waals surface area contributed by atoms with E-state index < -0.39 is 0 Å². The molecule has 0 aliphatic rings. The van der Waals surface area contributed by atoms with Crippen LogP contribution in [0.2, 0.25) is 0 Å². The average Bonchev–Trinajstić information content (AvgIpc) is 2.18. The molecule has 14 heavy (non-hydrogen) atoms. The summed E-state index contributed by atoms with van der Waals surface area (Å²) in [6.45, 7) is 4.29. The van der Waals surface area contributed by atoms with Gasteiger partial charge < -0.3 is 5.73 Å². The number of nitrogens with zero attached hydrogens (tertiary/aromatic N) is 1. The Bertz CT molecular complexity index is 461. The normalized spacial score (nSPS) is 11.1. The molecular formula is C12H14N2. The standard InChI is InChI=1S/C12H14N2/c1-8(2)9-5-6-11-10(12(9)13)4-3-7-14-11/h3-8H,13H2,1-2H3. The molecule has 0 amide bonds. The summed E-state index contributed by atoms with van der Waals surface area (Å²) in [6, 6.07) is 8.03. The van der Waals surface area contributed by atoms with E-state index in [0.717, 1.165) is 16.6 Å². The SMILES string of the molecule is CC(C)c1ccc2ncccc2c1N. The van der Waals surface area contributed by atoms with Crippen molar-refractivity contribution in [3.8, 4) is 0 Å². The lowest BCUT2D eigenvalue weighted by Gasteiger charge is -2.11. The Kier molecular flexibility index (Phi) is 2.12. The molecule has 0 radical (unpaired) electrons. The molecule has 2 nitrogen and oxygen atoms in total. The van der Waals surface area contributed by atoms with Gasteiger partial charge in [0.2, 0.25) is 0 Å². The lowest BCUT2D eigenvalue weighted by Crippen LogP contribution is -1.97. The number of pyridine rings is 1. The Morgan fingerprint density at radius 2 is 2.00 bits per heavy atom. The van der Waals surface area contributed by atoms with E-state index in [9.17, 15) is 0 Å². The highest BCUT2D eigenvalue weighted by Gasteiger charge is 2.07. The lowest BCUT2D eigenvalue weighted by atomic mass is 9.98. The van der Waals surface area contributed by atoms with Crippen LogP contribution in [0, 0.1) is 0 Å². The van der Waals surface area contributed by atoms with Gasteiger partial charge in [0.05, 0.1) is 5.52 Å². The topological polar surface area (TPSA) is 38.9 Å². The number of nitrogens with two attached hydrogens (primary N) is 1. The predicted molar refractivity (Wildman–Crippen MR) is 60.2 cm³/mol. The van der Waals surface area contributed by atoms with E-state index in [0.29, 0.717) is 5.92 Å². The van der Waals surface area contributed by atoms with Gasteiger partial charge in [-0.05, 0) is 29.7 Å². The van der Waals surface area contributed by atoms with Crippen LogP contribution in [-0.2, 0) is 0 Å². The van der Waals surface area contributed by atoms with Gasteiger partial charge in [-0.3, -0.25) is 4.98 Å². The fourth-order valence-corrected chi connectivity index (χ4v) is 1.70. The summed E-state index contributed by atoms with van der Waals surface area (Å²) in [7, 11) is 0. The Hall–Kier alpha value is -1.57. The maximum atomic E-state index is 6.08. The number of hydrogen-bond acceptors (Lipinski definition) is 2. The number of benzene rings is 1. The van der Waals surface area contributed by atoms with Crippen LogP contribution in [0.25, 0.3) is 10.9 Å².